The number of carbonyl (C=O) groups excluding carboxylic acids is 1. The van der Waals surface area contributed by atoms with E-state index in [-0.39, 0.29) is 11.4 Å². The molecule has 0 radical (unpaired) electrons. The number of halogens is 2. The summed E-state index contributed by atoms with van der Waals surface area (Å²) in [4.78, 5) is 13.7. The number of aldehydes is 1. The third-order valence-corrected chi connectivity index (χ3v) is 1.43. The summed E-state index contributed by atoms with van der Waals surface area (Å²) in [6.45, 7) is 0. The van der Waals surface area contributed by atoms with Crippen molar-refractivity contribution in [2.75, 3.05) is 5.88 Å². The quantitative estimate of drug-likeness (QED) is 0.296. The molecule has 0 fully saturated rings. The van der Waals surface area contributed by atoms with Crippen molar-refractivity contribution in [3.8, 4) is 11.8 Å². The van der Waals surface area contributed by atoms with Crippen LogP contribution in [0.3, 0.4) is 0 Å². The molecule has 4 heteroatoms. The molecular weight excluding hydrogens is 193 g/mol. The van der Waals surface area contributed by atoms with Crippen LogP contribution in [-0.2, 0) is 0 Å². The summed E-state index contributed by atoms with van der Waals surface area (Å²) in [7, 11) is 0. The van der Waals surface area contributed by atoms with Gasteiger partial charge in [0.05, 0.1) is 11.4 Å². The predicted octanol–water partition coefficient (Wildman–Crippen LogP) is 1.62. The molecule has 0 aliphatic rings. The van der Waals surface area contributed by atoms with Gasteiger partial charge in [0, 0.05) is 11.8 Å². The Morgan fingerprint density at radius 3 is 3.08 bits per heavy atom. The highest BCUT2D eigenvalue weighted by Crippen LogP contribution is 2.03. The topological polar surface area (TPSA) is 30.0 Å². The Kier molecular flexibility index (Phi) is 3.41. The van der Waals surface area contributed by atoms with Gasteiger partial charge < -0.3 is 0 Å². The molecule has 1 rings (SSSR count). The zero-order valence-electron chi connectivity index (χ0n) is 6.55. The first kappa shape index (κ1) is 9.69. The predicted molar refractivity (Wildman–Crippen MR) is 47.2 cm³/mol. The van der Waals surface area contributed by atoms with Crippen LogP contribution in [0, 0.1) is 17.8 Å². The molecule has 66 valence electrons. The first-order valence-electron chi connectivity index (χ1n) is 3.43. The minimum absolute atomic E-state index is 0.0960. The summed E-state index contributed by atoms with van der Waals surface area (Å²) in [6.07, 6.45) is 1.65. The van der Waals surface area contributed by atoms with Gasteiger partial charge in [0.1, 0.15) is 0 Å². The summed E-state index contributed by atoms with van der Waals surface area (Å²) in [6, 6.07) is 1.33. The lowest BCUT2D eigenvalue weighted by atomic mass is 10.2. The molecule has 1 aromatic heterocycles. The normalized spacial score (nSPS) is 8.77. The van der Waals surface area contributed by atoms with Crippen LogP contribution in [0.5, 0.6) is 0 Å². The molecule has 1 aromatic rings. The highest BCUT2D eigenvalue weighted by molar-refractivity contribution is 6.19. The van der Waals surface area contributed by atoms with Crippen molar-refractivity contribution in [1.29, 1.82) is 0 Å². The van der Waals surface area contributed by atoms with Crippen molar-refractivity contribution in [1.82, 2.24) is 4.98 Å². The lowest BCUT2D eigenvalue weighted by Crippen LogP contribution is -1.92. The third kappa shape index (κ3) is 2.53. The molecule has 13 heavy (non-hydrogen) atoms. The second-order valence-corrected chi connectivity index (χ2v) is 2.42. The van der Waals surface area contributed by atoms with E-state index in [0.717, 1.165) is 0 Å². The van der Waals surface area contributed by atoms with Gasteiger partial charge in [-0.2, -0.15) is 4.39 Å². The maximum absolute atomic E-state index is 12.7. The molecule has 0 bridgehead atoms. The Bertz CT molecular complexity index is 381. The van der Waals surface area contributed by atoms with E-state index in [4.69, 9.17) is 11.6 Å². The SMILES string of the molecule is O=Cc1cc(C#CCCl)cnc1F. The average Bonchev–Trinajstić information content (AvgIpc) is 2.16. The Hall–Kier alpha value is -1.40. The van der Waals surface area contributed by atoms with Crippen LogP contribution < -0.4 is 0 Å². The fourth-order valence-corrected chi connectivity index (χ4v) is 0.818. The molecule has 0 N–H and O–H groups in total. The van der Waals surface area contributed by atoms with Crippen molar-refractivity contribution in [2.24, 2.45) is 0 Å². The molecule has 0 amide bonds. The fraction of sp³-hybridized carbons (Fsp3) is 0.111. The number of carbonyl (C=O) groups is 1. The largest absolute Gasteiger partial charge is 0.298 e. The number of aromatic nitrogens is 1. The lowest BCUT2D eigenvalue weighted by molar-refractivity contribution is 0.111. The molecule has 0 aliphatic carbocycles. The van der Waals surface area contributed by atoms with Crippen molar-refractivity contribution in [2.45, 2.75) is 0 Å². The van der Waals surface area contributed by atoms with Crippen LogP contribution >= 0.6 is 11.6 Å². The average molecular weight is 198 g/mol. The summed E-state index contributed by atoms with van der Waals surface area (Å²) < 4.78 is 12.7. The fourth-order valence-electron chi connectivity index (χ4n) is 0.752. The van der Waals surface area contributed by atoms with E-state index in [2.05, 4.69) is 16.8 Å². The molecule has 0 spiro atoms. The number of hydrogen-bond acceptors (Lipinski definition) is 2. The zero-order valence-corrected chi connectivity index (χ0v) is 7.31. The maximum Gasteiger partial charge on any atom is 0.223 e. The smallest absolute Gasteiger partial charge is 0.223 e. The molecular formula is C9H5ClFNO. The van der Waals surface area contributed by atoms with Crippen LogP contribution in [0.2, 0.25) is 0 Å². The first-order chi connectivity index (χ1) is 6.27. The number of nitrogens with zero attached hydrogens (tertiary/aromatic N) is 1. The molecule has 0 aliphatic heterocycles. The zero-order chi connectivity index (χ0) is 9.68. The minimum Gasteiger partial charge on any atom is -0.298 e. The summed E-state index contributed by atoms with van der Waals surface area (Å²) in [5.41, 5.74) is 0.380. The highest BCUT2D eigenvalue weighted by Gasteiger charge is 2.01. The van der Waals surface area contributed by atoms with Crippen molar-refractivity contribution >= 4 is 17.9 Å². The lowest BCUT2D eigenvalue weighted by Gasteiger charge is -1.93. The van der Waals surface area contributed by atoms with Gasteiger partial charge in [0.2, 0.25) is 5.95 Å². The second kappa shape index (κ2) is 4.58. The van der Waals surface area contributed by atoms with Gasteiger partial charge in [-0.3, -0.25) is 4.79 Å². The Morgan fingerprint density at radius 1 is 1.69 bits per heavy atom. The number of rotatable bonds is 1. The van der Waals surface area contributed by atoms with Gasteiger partial charge in [0.25, 0.3) is 0 Å². The van der Waals surface area contributed by atoms with Crippen molar-refractivity contribution in [3.63, 3.8) is 0 Å². The van der Waals surface area contributed by atoms with Crippen molar-refractivity contribution < 1.29 is 9.18 Å². The van der Waals surface area contributed by atoms with E-state index in [1.165, 1.54) is 12.3 Å². The minimum atomic E-state index is -0.786. The second-order valence-electron chi connectivity index (χ2n) is 2.16. The van der Waals surface area contributed by atoms with Crippen LogP contribution in [0.1, 0.15) is 15.9 Å². The van der Waals surface area contributed by atoms with E-state index in [0.29, 0.717) is 11.8 Å². The summed E-state index contributed by atoms with van der Waals surface area (Å²) >= 11 is 5.32. The van der Waals surface area contributed by atoms with Crippen molar-refractivity contribution in [3.05, 3.63) is 29.3 Å². The molecule has 0 saturated carbocycles. The maximum atomic E-state index is 12.7. The van der Waals surface area contributed by atoms with Gasteiger partial charge in [-0.15, -0.1) is 11.6 Å². The van der Waals surface area contributed by atoms with E-state index in [9.17, 15) is 9.18 Å². The summed E-state index contributed by atoms with van der Waals surface area (Å²) in [5.74, 6) is 4.60. The Balaban J connectivity index is 3.06. The molecule has 0 saturated heterocycles. The van der Waals surface area contributed by atoms with E-state index in [1.807, 2.05) is 0 Å². The van der Waals surface area contributed by atoms with E-state index >= 15 is 0 Å². The molecule has 2 nitrogen and oxygen atoms in total. The Labute approximate surface area is 79.7 Å². The molecule has 0 unspecified atom stereocenters. The highest BCUT2D eigenvalue weighted by atomic mass is 35.5. The van der Waals surface area contributed by atoms with Crippen LogP contribution in [0.4, 0.5) is 4.39 Å². The standard InChI is InChI=1S/C9H5ClFNO/c10-3-1-2-7-4-8(6-13)9(11)12-5-7/h4-6H,3H2. The van der Waals surface area contributed by atoms with E-state index in [1.54, 1.807) is 0 Å². The first-order valence-corrected chi connectivity index (χ1v) is 3.97. The number of hydrogen-bond donors (Lipinski definition) is 0. The molecule has 0 atom stereocenters. The number of alkyl halides is 1. The Morgan fingerprint density at radius 2 is 2.46 bits per heavy atom. The number of pyridine rings is 1. The van der Waals surface area contributed by atoms with E-state index < -0.39 is 5.95 Å². The van der Waals surface area contributed by atoms with Crippen LogP contribution in [0.25, 0.3) is 0 Å². The van der Waals surface area contributed by atoms with Gasteiger partial charge in [-0.25, -0.2) is 4.98 Å². The van der Waals surface area contributed by atoms with Gasteiger partial charge in [-0.1, -0.05) is 11.8 Å². The summed E-state index contributed by atoms with van der Waals surface area (Å²) in [5, 5.41) is 0. The molecule has 1 heterocycles. The van der Waals surface area contributed by atoms with Crippen LogP contribution in [0.15, 0.2) is 12.3 Å². The molecule has 0 aromatic carbocycles. The van der Waals surface area contributed by atoms with Gasteiger partial charge in [-0.05, 0) is 6.07 Å². The van der Waals surface area contributed by atoms with Gasteiger partial charge >= 0.3 is 0 Å². The third-order valence-electron chi connectivity index (χ3n) is 1.29. The van der Waals surface area contributed by atoms with Gasteiger partial charge in [0.15, 0.2) is 6.29 Å². The monoisotopic (exact) mass is 197 g/mol. The van der Waals surface area contributed by atoms with Crippen LogP contribution in [-0.4, -0.2) is 17.2 Å².